The quantitative estimate of drug-likeness (QED) is 0.624. The van der Waals surface area contributed by atoms with Gasteiger partial charge in [-0.15, -0.1) is 0 Å². The molecule has 0 amide bonds. The number of nitrogens with zero attached hydrogens (tertiary/aromatic N) is 1. The second-order valence-corrected chi connectivity index (χ2v) is 6.70. The Morgan fingerprint density at radius 3 is 2.68 bits per heavy atom. The van der Waals surface area contributed by atoms with Crippen LogP contribution in [0.4, 0.5) is 10.1 Å². The van der Waals surface area contributed by atoms with Gasteiger partial charge in [0, 0.05) is 20.2 Å². The first-order valence-electron chi connectivity index (χ1n) is 5.59. The van der Waals surface area contributed by atoms with Crippen molar-refractivity contribution in [3.8, 4) is 0 Å². The van der Waals surface area contributed by atoms with E-state index < -0.39 is 15.8 Å². The van der Waals surface area contributed by atoms with Crippen LogP contribution in [0.15, 0.2) is 21.5 Å². The largest absolute Gasteiger partial charge is 0.398 e. The molecule has 0 aliphatic heterocycles. The third-order valence-electron chi connectivity index (χ3n) is 2.50. The van der Waals surface area contributed by atoms with Crippen molar-refractivity contribution in [1.82, 2.24) is 4.31 Å². The Balaban J connectivity index is 3.03. The summed E-state index contributed by atoms with van der Waals surface area (Å²) in [7, 11) is -2.34. The van der Waals surface area contributed by atoms with Crippen LogP contribution in [0.2, 0.25) is 0 Å². The van der Waals surface area contributed by atoms with E-state index in [9.17, 15) is 12.8 Å². The van der Waals surface area contributed by atoms with Gasteiger partial charge < -0.3 is 10.5 Å². The summed E-state index contributed by atoms with van der Waals surface area (Å²) >= 11 is 2.95. The lowest BCUT2D eigenvalue weighted by atomic mass is 10.3. The molecule has 0 saturated carbocycles. The van der Waals surface area contributed by atoms with Crippen LogP contribution in [-0.2, 0) is 14.8 Å². The van der Waals surface area contributed by atoms with Crippen LogP contribution in [-0.4, -0.2) is 39.5 Å². The fourth-order valence-corrected chi connectivity index (χ4v) is 3.16. The Morgan fingerprint density at radius 2 is 2.11 bits per heavy atom. The van der Waals surface area contributed by atoms with E-state index in [2.05, 4.69) is 15.9 Å². The summed E-state index contributed by atoms with van der Waals surface area (Å²) in [5.74, 6) is -0.603. The number of halogens is 2. The molecule has 19 heavy (non-hydrogen) atoms. The van der Waals surface area contributed by atoms with Crippen molar-refractivity contribution in [3.05, 3.63) is 22.4 Å². The number of nitrogens with two attached hydrogens (primary N) is 1. The average Bonchev–Trinajstić information content (AvgIpc) is 2.33. The van der Waals surface area contributed by atoms with E-state index in [4.69, 9.17) is 10.5 Å². The highest BCUT2D eigenvalue weighted by Crippen LogP contribution is 2.27. The number of sulfonamides is 1. The number of likely N-dealkylation sites (N-methyl/N-ethyl adjacent to an activating group) is 1. The minimum absolute atomic E-state index is 0.0542. The van der Waals surface area contributed by atoms with E-state index in [1.807, 2.05) is 6.92 Å². The molecular formula is C11H16BrFN2O3S. The van der Waals surface area contributed by atoms with E-state index in [-0.39, 0.29) is 28.2 Å². The maximum absolute atomic E-state index is 13.2. The second kappa shape index (κ2) is 6.65. The van der Waals surface area contributed by atoms with E-state index >= 15 is 0 Å². The molecule has 0 aliphatic rings. The van der Waals surface area contributed by atoms with Gasteiger partial charge in [-0.25, -0.2) is 12.8 Å². The van der Waals surface area contributed by atoms with Gasteiger partial charge in [0.25, 0.3) is 0 Å². The first kappa shape index (κ1) is 16.4. The third kappa shape index (κ3) is 3.88. The summed E-state index contributed by atoms with van der Waals surface area (Å²) in [5, 5.41) is 0. The normalized spacial score (nSPS) is 12.1. The van der Waals surface area contributed by atoms with Crippen LogP contribution in [0, 0.1) is 5.82 Å². The summed E-state index contributed by atoms with van der Waals surface area (Å²) in [6, 6.07) is 2.14. The van der Waals surface area contributed by atoms with Gasteiger partial charge in [0.2, 0.25) is 10.0 Å². The van der Waals surface area contributed by atoms with Gasteiger partial charge >= 0.3 is 0 Å². The summed E-state index contributed by atoms with van der Waals surface area (Å²) in [5.41, 5.74) is 5.45. The zero-order chi connectivity index (χ0) is 14.6. The number of rotatable bonds is 6. The molecule has 0 saturated heterocycles. The minimum atomic E-state index is -3.76. The highest BCUT2D eigenvalue weighted by molar-refractivity contribution is 9.10. The van der Waals surface area contributed by atoms with Crippen molar-refractivity contribution in [3.63, 3.8) is 0 Å². The maximum atomic E-state index is 13.2. The number of hydrogen-bond acceptors (Lipinski definition) is 4. The predicted octanol–water partition coefficient (Wildman–Crippen LogP) is 1.83. The van der Waals surface area contributed by atoms with Crippen molar-refractivity contribution in [1.29, 1.82) is 0 Å². The molecule has 1 aromatic rings. The Labute approximate surface area is 120 Å². The molecule has 1 rings (SSSR count). The van der Waals surface area contributed by atoms with Gasteiger partial charge in [-0.2, -0.15) is 4.31 Å². The van der Waals surface area contributed by atoms with Crippen LogP contribution in [0.1, 0.15) is 6.92 Å². The third-order valence-corrected chi connectivity index (χ3v) is 5.02. The van der Waals surface area contributed by atoms with Gasteiger partial charge in [-0.1, -0.05) is 0 Å². The first-order valence-corrected chi connectivity index (χ1v) is 7.82. The number of anilines is 1. The molecule has 108 valence electrons. The number of benzene rings is 1. The van der Waals surface area contributed by atoms with Crippen molar-refractivity contribution >= 4 is 31.6 Å². The Hall–Kier alpha value is -0.700. The zero-order valence-electron chi connectivity index (χ0n) is 10.7. The summed E-state index contributed by atoms with van der Waals surface area (Å²) in [6.07, 6.45) is 0. The fourth-order valence-electron chi connectivity index (χ4n) is 1.39. The molecule has 0 aliphatic carbocycles. The van der Waals surface area contributed by atoms with Crippen LogP contribution in [0.3, 0.4) is 0 Å². The highest BCUT2D eigenvalue weighted by Gasteiger charge is 2.24. The number of nitrogen functional groups attached to an aromatic ring is 1. The van der Waals surface area contributed by atoms with E-state index in [0.717, 1.165) is 16.4 Å². The van der Waals surface area contributed by atoms with Gasteiger partial charge in [-0.05, 0) is 35.0 Å². The van der Waals surface area contributed by atoms with Gasteiger partial charge in [-0.3, -0.25) is 0 Å². The SMILES string of the molecule is CCOCCN(C)S(=O)(=O)c1cc(Br)c(F)cc1N. The molecule has 2 N–H and O–H groups in total. The van der Waals surface area contributed by atoms with Crippen molar-refractivity contribution in [2.45, 2.75) is 11.8 Å². The van der Waals surface area contributed by atoms with Crippen molar-refractivity contribution in [2.24, 2.45) is 0 Å². The monoisotopic (exact) mass is 354 g/mol. The van der Waals surface area contributed by atoms with Crippen LogP contribution in [0.5, 0.6) is 0 Å². The smallest absolute Gasteiger partial charge is 0.244 e. The van der Waals surface area contributed by atoms with E-state index in [1.54, 1.807) is 0 Å². The maximum Gasteiger partial charge on any atom is 0.244 e. The Kier molecular flexibility index (Phi) is 5.72. The lowest BCUT2D eigenvalue weighted by Gasteiger charge is -2.18. The van der Waals surface area contributed by atoms with Crippen molar-refractivity contribution < 1.29 is 17.5 Å². The van der Waals surface area contributed by atoms with Crippen LogP contribution >= 0.6 is 15.9 Å². The topological polar surface area (TPSA) is 72.6 Å². The molecule has 1 aromatic carbocycles. The molecule has 5 nitrogen and oxygen atoms in total. The second-order valence-electron chi connectivity index (χ2n) is 3.83. The Morgan fingerprint density at radius 1 is 1.47 bits per heavy atom. The lowest BCUT2D eigenvalue weighted by Crippen LogP contribution is -2.31. The molecule has 0 atom stereocenters. The molecule has 0 heterocycles. The molecule has 0 bridgehead atoms. The average molecular weight is 355 g/mol. The summed E-state index contributed by atoms with van der Waals surface area (Å²) < 4.78 is 44.0. The standard InChI is InChI=1S/C11H16BrFN2O3S/c1-3-18-5-4-15(2)19(16,17)11-6-8(12)9(13)7-10(11)14/h6-7H,3-5,14H2,1-2H3. The molecule has 0 fully saturated rings. The van der Waals surface area contributed by atoms with Crippen LogP contribution < -0.4 is 5.73 Å². The van der Waals surface area contributed by atoms with Gasteiger partial charge in [0.1, 0.15) is 10.7 Å². The van der Waals surface area contributed by atoms with E-state index in [0.29, 0.717) is 6.61 Å². The molecule has 0 radical (unpaired) electrons. The summed E-state index contributed by atoms with van der Waals surface area (Å²) in [6.45, 7) is 2.82. The van der Waals surface area contributed by atoms with E-state index in [1.165, 1.54) is 7.05 Å². The lowest BCUT2D eigenvalue weighted by molar-refractivity contribution is 0.138. The minimum Gasteiger partial charge on any atom is -0.398 e. The first-order chi connectivity index (χ1) is 8.80. The zero-order valence-corrected chi connectivity index (χ0v) is 13.1. The molecule has 0 unspecified atom stereocenters. The molecule has 0 aromatic heterocycles. The number of hydrogen-bond donors (Lipinski definition) is 1. The number of ether oxygens (including phenoxy) is 1. The Bertz CT molecular complexity index is 551. The van der Waals surface area contributed by atoms with Crippen LogP contribution in [0.25, 0.3) is 0 Å². The fraction of sp³-hybridized carbons (Fsp3) is 0.455. The summed E-state index contributed by atoms with van der Waals surface area (Å²) in [4.78, 5) is -0.125. The van der Waals surface area contributed by atoms with Gasteiger partial charge in [0.15, 0.2) is 0 Å². The molecule has 0 spiro atoms. The van der Waals surface area contributed by atoms with Crippen molar-refractivity contribution in [2.75, 3.05) is 32.5 Å². The highest BCUT2D eigenvalue weighted by atomic mass is 79.9. The predicted molar refractivity (Wildman–Crippen MR) is 74.8 cm³/mol. The molecule has 8 heteroatoms. The molecular weight excluding hydrogens is 339 g/mol. The van der Waals surface area contributed by atoms with Gasteiger partial charge in [0.05, 0.1) is 16.8 Å².